The van der Waals surface area contributed by atoms with Crippen LogP contribution in [0.4, 0.5) is 10.2 Å². The Morgan fingerprint density at radius 2 is 2.00 bits per heavy atom. The summed E-state index contributed by atoms with van der Waals surface area (Å²) >= 11 is 0. The number of rotatable bonds is 10. The van der Waals surface area contributed by atoms with Gasteiger partial charge in [0.25, 0.3) is 0 Å². The van der Waals surface area contributed by atoms with Crippen LogP contribution in [0.5, 0.6) is 5.75 Å². The van der Waals surface area contributed by atoms with E-state index in [-0.39, 0.29) is 5.75 Å². The van der Waals surface area contributed by atoms with Crippen molar-refractivity contribution in [1.82, 2.24) is 14.6 Å². The van der Waals surface area contributed by atoms with E-state index in [1.807, 2.05) is 0 Å². The zero-order chi connectivity index (χ0) is 27.5. The van der Waals surface area contributed by atoms with E-state index in [1.165, 1.54) is 19.1 Å². The smallest absolute Gasteiger partial charge is 0.459 e. The first kappa shape index (κ1) is 28.7. The molecular formula is C22H30FN4O9P. The molecule has 1 aromatic carbocycles. The van der Waals surface area contributed by atoms with Crippen molar-refractivity contribution in [3.05, 3.63) is 52.8 Å². The molecule has 204 valence electrons. The molecule has 3 rings (SSSR count). The van der Waals surface area contributed by atoms with Crippen LogP contribution in [0, 0.1) is 5.82 Å². The minimum atomic E-state index is -4.31. The zero-order valence-corrected chi connectivity index (χ0v) is 21.5. The van der Waals surface area contributed by atoms with Gasteiger partial charge in [-0.15, -0.1) is 0 Å². The van der Waals surface area contributed by atoms with E-state index in [0.29, 0.717) is 10.8 Å². The van der Waals surface area contributed by atoms with E-state index in [4.69, 9.17) is 24.3 Å². The molecule has 13 nitrogen and oxygen atoms in total. The van der Waals surface area contributed by atoms with Crippen molar-refractivity contribution in [3.63, 3.8) is 0 Å². The number of halogens is 1. The summed E-state index contributed by atoms with van der Waals surface area (Å²) < 4.78 is 49.9. The Balaban J connectivity index is 1.81. The number of hydrogen-bond acceptors (Lipinski definition) is 11. The van der Waals surface area contributed by atoms with E-state index in [2.05, 4.69) is 10.1 Å². The molecule has 2 aromatic rings. The first-order valence-corrected chi connectivity index (χ1v) is 12.9. The predicted octanol–water partition coefficient (Wildman–Crippen LogP) is 1.11. The fourth-order valence-corrected chi connectivity index (χ4v) is 5.01. The maximum atomic E-state index is 14.0. The van der Waals surface area contributed by atoms with Crippen LogP contribution in [0.15, 0.2) is 41.3 Å². The number of carbonyl (C=O) groups excluding carboxylic acids is 1. The second-order valence-corrected chi connectivity index (χ2v) is 10.6. The van der Waals surface area contributed by atoms with Crippen molar-refractivity contribution in [1.29, 1.82) is 0 Å². The summed E-state index contributed by atoms with van der Waals surface area (Å²) in [5.41, 5.74) is 2.15. The van der Waals surface area contributed by atoms with Crippen LogP contribution in [-0.4, -0.2) is 62.3 Å². The number of para-hydroxylation sites is 1. The van der Waals surface area contributed by atoms with Gasteiger partial charge in [0.05, 0.1) is 18.9 Å². The van der Waals surface area contributed by atoms with Crippen LogP contribution in [0.2, 0.25) is 0 Å². The summed E-state index contributed by atoms with van der Waals surface area (Å²) in [6.07, 6.45) is -4.37. The maximum absolute atomic E-state index is 14.0. The lowest BCUT2D eigenvalue weighted by Gasteiger charge is -2.27. The minimum absolute atomic E-state index is 0.149. The normalized spacial score (nSPS) is 26.0. The van der Waals surface area contributed by atoms with Gasteiger partial charge in [0.1, 0.15) is 29.6 Å². The number of nitrogen functional groups attached to an aromatic ring is 1. The molecule has 37 heavy (non-hydrogen) atoms. The Labute approximate surface area is 211 Å². The Morgan fingerprint density at radius 1 is 1.35 bits per heavy atom. The summed E-state index contributed by atoms with van der Waals surface area (Å²) in [4.78, 5) is 27.8. The van der Waals surface area contributed by atoms with E-state index in [1.54, 1.807) is 32.0 Å². The third-order valence-corrected chi connectivity index (χ3v) is 7.02. The molecule has 0 amide bonds. The van der Waals surface area contributed by atoms with Gasteiger partial charge in [-0.05, 0) is 39.8 Å². The molecule has 5 N–H and O–H groups in total. The zero-order valence-electron chi connectivity index (χ0n) is 20.6. The molecule has 1 aromatic heterocycles. The number of hydrogen-bond donors (Lipinski definition) is 4. The van der Waals surface area contributed by atoms with Gasteiger partial charge >= 0.3 is 19.4 Å². The van der Waals surface area contributed by atoms with Gasteiger partial charge < -0.3 is 29.9 Å². The molecule has 0 aliphatic carbocycles. The highest BCUT2D eigenvalue weighted by atomic mass is 31.2. The molecule has 1 fully saturated rings. The van der Waals surface area contributed by atoms with Gasteiger partial charge in [-0.1, -0.05) is 18.2 Å². The number of carbonyl (C=O) groups is 1. The quantitative estimate of drug-likeness (QED) is 0.247. The highest BCUT2D eigenvalue weighted by molar-refractivity contribution is 7.52. The lowest BCUT2D eigenvalue weighted by molar-refractivity contribution is -0.149. The van der Waals surface area contributed by atoms with E-state index in [0.717, 1.165) is 6.92 Å². The number of anilines is 1. The molecule has 2 heterocycles. The molecular weight excluding hydrogens is 514 g/mol. The van der Waals surface area contributed by atoms with Crippen molar-refractivity contribution < 1.29 is 42.5 Å². The Hall–Kier alpha value is -2.87. The number of nitrogens with one attached hydrogen (secondary N) is 1. The lowest BCUT2D eigenvalue weighted by Crippen LogP contribution is -2.46. The number of benzene rings is 1. The summed E-state index contributed by atoms with van der Waals surface area (Å²) in [6.45, 7) is 5.22. The predicted molar refractivity (Wildman–Crippen MR) is 128 cm³/mol. The number of ether oxygens (including phenoxy) is 2. The monoisotopic (exact) mass is 544 g/mol. The van der Waals surface area contributed by atoms with Gasteiger partial charge in [-0.2, -0.15) is 10.1 Å². The van der Waals surface area contributed by atoms with Gasteiger partial charge in [0.2, 0.25) is 0 Å². The summed E-state index contributed by atoms with van der Waals surface area (Å²) in [5, 5.41) is 24.0. The molecule has 0 bridgehead atoms. The summed E-state index contributed by atoms with van der Waals surface area (Å²) in [7, 11) is -4.31. The maximum Gasteiger partial charge on any atom is 0.459 e. The summed E-state index contributed by atoms with van der Waals surface area (Å²) in [6, 6.07) is 6.84. The molecule has 15 heteroatoms. The lowest BCUT2D eigenvalue weighted by atomic mass is 9.96. The third kappa shape index (κ3) is 6.72. The Kier molecular flexibility index (Phi) is 8.73. The van der Waals surface area contributed by atoms with Gasteiger partial charge in [0, 0.05) is 0 Å². The van der Waals surface area contributed by atoms with Crippen LogP contribution >= 0.6 is 7.75 Å². The highest BCUT2D eigenvalue weighted by Crippen LogP contribution is 2.47. The van der Waals surface area contributed by atoms with Crippen LogP contribution in [0.1, 0.15) is 33.9 Å². The molecule has 2 unspecified atom stereocenters. The Morgan fingerprint density at radius 3 is 2.62 bits per heavy atom. The van der Waals surface area contributed by atoms with Gasteiger partial charge in [-0.3, -0.25) is 13.9 Å². The van der Waals surface area contributed by atoms with Crippen molar-refractivity contribution in [2.75, 3.05) is 12.3 Å². The fraction of sp³-hybridized carbons (Fsp3) is 0.500. The van der Waals surface area contributed by atoms with Crippen molar-refractivity contribution in [3.8, 4) is 5.75 Å². The molecule has 0 spiro atoms. The second kappa shape index (κ2) is 11.3. The molecule has 0 saturated carbocycles. The van der Waals surface area contributed by atoms with Crippen LogP contribution < -0.4 is 21.0 Å². The molecule has 1 saturated heterocycles. The van der Waals surface area contributed by atoms with Crippen LogP contribution in [0.25, 0.3) is 0 Å². The molecule has 1 aliphatic rings. The second-order valence-electron chi connectivity index (χ2n) is 8.90. The van der Waals surface area contributed by atoms with Crippen molar-refractivity contribution in [2.24, 2.45) is 0 Å². The topological polar surface area (TPSA) is 184 Å². The number of esters is 1. The standard InChI is InChI=1S/C22H30FN4O9P/c1-12(2)34-19(29)13(3)26-37(32,36-14-8-6-5-7-9-14)33-11-16-17(28)22(4,31)20(35-16)27-10-15(23)18(24)25-21(27)30/h5-10,12-13,16-17,20,28,31H,11H2,1-4H3,(H,26,32)(H2,24,25,30)/t13-,16-,17-,20?,22-,37?/m1/s1. The van der Waals surface area contributed by atoms with E-state index in [9.17, 15) is 28.8 Å². The number of aromatic nitrogens is 2. The number of aliphatic hydroxyl groups excluding tert-OH is 1. The van der Waals surface area contributed by atoms with E-state index < -0.39 is 73.8 Å². The number of nitrogens with zero attached hydrogens (tertiary/aromatic N) is 2. The Bertz CT molecular complexity index is 1210. The molecule has 1 aliphatic heterocycles. The fourth-order valence-electron chi connectivity index (χ4n) is 3.51. The van der Waals surface area contributed by atoms with Gasteiger partial charge in [-0.25, -0.2) is 13.8 Å². The highest BCUT2D eigenvalue weighted by Gasteiger charge is 2.54. The largest absolute Gasteiger partial charge is 0.462 e. The van der Waals surface area contributed by atoms with Crippen molar-refractivity contribution >= 4 is 19.5 Å². The van der Waals surface area contributed by atoms with Crippen LogP contribution in [-0.2, 0) is 23.4 Å². The summed E-state index contributed by atoms with van der Waals surface area (Å²) in [5.74, 6) is -2.25. The van der Waals surface area contributed by atoms with Crippen LogP contribution in [0.3, 0.4) is 0 Å². The van der Waals surface area contributed by atoms with Gasteiger partial charge in [0.15, 0.2) is 17.9 Å². The number of aliphatic hydroxyl groups is 2. The molecule has 0 radical (unpaired) electrons. The third-order valence-electron chi connectivity index (χ3n) is 5.38. The SMILES string of the molecule is CC(C)OC(=O)[C@@H](C)NP(=O)(OC[C@H]1OC(n2cc(F)c(N)nc2=O)[C@](C)(O)[C@@H]1O)Oc1ccccc1. The minimum Gasteiger partial charge on any atom is -0.462 e. The van der Waals surface area contributed by atoms with Crippen molar-refractivity contribution in [2.45, 2.75) is 63.9 Å². The first-order valence-electron chi connectivity index (χ1n) is 11.3. The van der Waals surface area contributed by atoms with E-state index >= 15 is 0 Å². The number of nitrogens with two attached hydrogens (primary N) is 1. The molecule has 6 atom stereocenters. The average molecular weight is 544 g/mol. The average Bonchev–Trinajstić information content (AvgIpc) is 3.03. The first-order chi connectivity index (χ1) is 17.2.